The number of hydrogen-bond acceptors (Lipinski definition) is 3. The summed E-state index contributed by atoms with van der Waals surface area (Å²) in [5.41, 5.74) is 2.58. The number of nitrogens with zero attached hydrogens (tertiary/aromatic N) is 1. The zero-order chi connectivity index (χ0) is 11.9. The van der Waals surface area contributed by atoms with Gasteiger partial charge in [-0.25, -0.2) is 0 Å². The summed E-state index contributed by atoms with van der Waals surface area (Å²) in [4.78, 5) is 4.48. The summed E-state index contributed by atoms with van der Waals surface area (Å²) in [6, 6.07) is 4.85. The number of aryl methyl sites for hydroxylation is 1. The Balaban J connectivity index is 1.87. The molecule has 1 aromatic rings. The molecule has 2 rings (SSSR count). The van der Waals surface area contributed by atoms with E-state index in [2.05, 4.69) is 28.6 Å². The molecule has 1 atom stereocenters. The highest BCUT2D eigenvalue weighted by Crippen LogP contribution is 2.09. The minimum absolute atomic E-state index is 0.650. The lowest BCUT2D eigenvalue weighted by molar-refractivity contribution is 0.464. The molecule has 1 aromatic heterocycles. The third kappa shape index (κ3) is 3.79. The highest BCUT2D eigenvalue weighted by Gasteiger charge is 2.11. The minimum atomic E-state index is 0.650. The number of nitrogens with one attached hydrogen (secondary N) is 2. The summed E-state index contributed by atoms with van der Waals surface area (Å²) in [5, 5.41) is 7.09. The van der Waals surface area contributed by atoms with Gasteiger partial charge in [-0.05, 0) is 50.4 Å². The molecule has 2 N–H and O–H groups in total. The van der Waals surface area contributed by atoms with E-state index in [0.717, 1.165) is 19.5 Å². The van der Waals surface area contributed by atoms with E-state index < -0.39 is 0 Å². The van der Waals surface area contributed by atoms with Gasteiger partial charge in [0, 0.05) is 18.8 Å². The molecule has 1 saturated heterocycles. The van der Waals surface area contributed by atoms with Gasteiger partial charge < -0.3 is 10.6 Å². The number of pyridine rings is 1. The third-order valence-corrected chi connectivity index (χ3v) is 3.50. The topological polar surface area (TPSA) is 37.0 Å². The van der Waals surface area contributed by atoms with Crippen LogP contribution in [0.15, 0.2) is 18.3 Å². The monoisotopic (exact) mass is 233 g/mol. The molecule has 0 aliphatic carbocycles. The second-order valence-electron chi connectivity index (χ2n) is 4.72. The maximum absolute atomic E-state index is 4.48. The van der Waals surface area contributed by atoms with E-state index >= 15 is 0 Å². The van der Waals surface area contributed by atoms with Crippen LogP contribution in [-0.2, 0) is 13.0 Å². The summed E-state index contributed by atoms with van der Waals surface area (Å²) >= 11 is 0. The molecule has 1 fully saturated rings. The lowest BCUT2D eigenvalue weighted by Crippen LogP contribution is -2.30. The van der Waals surface area contributed by atoms with Crippen LogP contribution >= 0.6 is 0 Å². The summed E-state index contributed by atoms with van der Waals surface area (Å²) in [6.45, 7) is 5.41. The van der Waals surface area contributed by atoms with Crippen molar-refractivity contribution in [2.24, 2.45) is 0 Å². The maximum Gasteiger partial charge on any atom is 0.0573 e. The van der Waals surface area contributed by atoms with Gasteiger partial charge in [0.05, 0.1) is 5.69 Å². The van der Waals surface area contributed by atoms with Gasteiger partial charge in [0.25, 0.3) is 0 Å². The van der Waals surface area contributed by atoms with Crippen molar-refractivity contribution in [3.63, 3.8) is 0 Å². The van der Waals surface area contributed by atoms with Gasteiger partial charge >= 0.3 is 0 Å². The quantitative estimate of drug-likeness (QED) is 0.833. The largest absolute Gasteiger partial charge is 0.317 e. The maximum atomic E-state index is 4.48. The Hall–Kier alpha value is -0.930. The smallest absolute Gasteiger partial charge is 0.0573 e. The first-order valence-corrected chi connectivity index (χ1v) is 6.77. The summed E-state index contributed by atoms with van der Waals surface area (Å²) < 4.78 is 0. The van der Waals surface area contributed by atoms with Crippen LogP contribution in [0.25, 0.3) is 0 Å². The zero-order valence-corrected chi connectivity index (χ0v) is 10.7. The van der Waals surface area contributed by atoms with Crippen molar-refractivity contribution in [2.45, 2.75) is 45.2 Å². The Kier molecular flexibility index (Phi) is 4.95. The molecular formula is C14H23N3. The van der Waals surface area contributed by atoms with Crippen LogP contribution in [0.3, 0.4) is 0 Å². The Morgan fingerprint density at radius 1 is 1.41 bits per heavy atom. The molecule has 1 aliphatic heterocycles. The fourth-order valence-corrected chi connectivity index (χ4v) is 2.42. The third-order valence-electron chi connectivity index (χ3n) is 3.50. The molecule has 0 amide bonds. The van der Waals surface area contributed by atoms with Crippen LogP contribution in [0.2, 0.25) is 0 Å². The first kappa shape index (κ1) is 12.5. The molecule has 17 heavy (non-hydrogen) atoms. The molecule has 1 aliphatic rings. The second kappa shape index (κ2) is 6.72. The van der Waals surface area contributed by atoms with Gasteiger partial charge in [-0.15, -0.1) is 0 Å². The molecule has 3 nitrogen and oxygen atoms in total. The van der Waals surface area contributed by atoms with Gasteiger partial charge in [-0.1, -0.05) is 13.0 Å². The normalized spacial score (nSPS) is 21.1. The summed E-state index contributed by atoms with van der Waals surface area (Å²) in [6.07, 6.45) is 6.75. The molecule has 0 bridgehead atoms. The van der Waals surface area contributed by atoms with Crippen LogP contribution in [-0.4, -0.2) is 24.1 Å². The molecule has 0 aromatic carbocycles. The number of hydrogen-bond donors (Lipinski definition) is 2. The second-order valence-corrected chi connectivity index (χ2v) is 4.72. The van der Waals surface area contributed by atoms with Gasteiger partial charge in [0.1, 0.15) is 0 Å². The molecular weight excluding hydrogens is 210 g/mol. The number of aromatic nitrogens is 1. The van der Waals surface area contributed by atoms with Crippen LogP contribution in [0.4, 0.5) is 0 Å². The van der Waals surface area contributed by atoms with E-state index in [-0.39, 0.29) is 0 Å². The lowest BCUT2D eigenvalue weighted by Gasteiger charge is -2.16. The van der Waals surface area contributed by atoms with Crippen molar-refractivity contribution >= 4 is 0 Å². The summed E-state index contributed by atoms with van der Waals surface area (Å²) in [7, 11) is 0. The lowest BCUT2D eigenvalue weighted by atomic mass is 10.1. The van der Waals surface area contributed by atoms with Crippen molar-refractivity contribution in [1.29, 1.82) is 0 Å². The Morgan fingerprint density at radius 3 is 3.24 bits per heavy atom. The van der Waals surface area contributed by atoms with Crippen molar-refractivity contribution in [3.05, 3.63) is 29.6 Å². The highest BCUT2D eigenvalue weighted by atomic mass is 15.0. The van der Waals surface area contributed by atoms with Gasteiger partial charge in [-0.3, -0.25) is 4.98 Å². The van der Waals surface area contributed by atoms with Crippen LogP contribution in [0, 0.1) is 0 Å². The van der Waals surface area contributed by atoms with Crippen molar-refractivity contribution < 1.29 is 0 Å². The SMILES string of the molecule is CCc1cccnc1CNC1CCCNCC1. The van der Waals surface area contributed by atoms with E-state index in [1.54, 1.807) is 0 Å². The highest BCUT2D eigenvalue weighted by molar-refractivity contribution is 5.19. The Morgan fingerprint density at radius 2 is 2.35 bits per heavy atom. The number of rotatable bonds is 4. The predicted octanol–water partition coefficient (Wildman–Crippen LogP) is 1.88. The van der Waals surface area contributed by atoms with E-state index in [0.29, 0.717) is 6.04 Å². The van der Waals surface area contributed by atoms with E-state index in [1.165, 1.54) is 37.1 Å². The molecule has 94 valence electrons. The van der Waals surface area contributed by atoms with Crippen LogP contribution < -0.4 is 10.6 Å². The first-order valence-electron chi connectivity index (χ1n) is 6.77. The van der Waals surface area contributed by atoms with Crippen molar-refractivity contribution in [2.75, 3.05) is 13.1 Å². The van der Waals surface area contributed by atoms with E-state index in [9.17, 15) is 0 Å². The molecule has 0 radical (unpaired) electrons. The van der Waals surface area contributed by atoms with Gasteiger partial charge in [-0.2, -0.15) is 0 Å². The molecule has 1 unspecified atom stereocenters. The van der Waals surface area contributed by atoms with Gasteiger partial charge in [0.15, 0.2) is 0 Å². The van der Waals surface area contributed by atoms with Crippen molar-refractivity contribution in [1.82, 2.24) is 15.6 Å². The molecule has 3 heteroatoms. The van der Waals surface area contributed by atoms with Crippen LogP contribution in [0.5, 0.6) is 0 Å². The molecule has 2 heterocycles. The molecule has 0 saturated carbocycles. The predicted molar refractivity (Wildman–Crippen MR) is 71.0 cm³/mol. The standard InChI is InChI=1S/C14H23N3/c1-2-12-5-3-9-16-14(12)11-17-13-6-4-8-15-10-7-13/h3,5,9,13,15,17H,2,4,6-8,10-11H2,1H3. The van der Waals surface area contributed by atoms with E-state index in [4.69, 9.17) is 0 Å². The van der Waals surface area contributed by atoms with Crippen molar-refractivity contribution in [3.8, 4) is 0 Å². The zero-order valence-electron chi connectivity index (χ0n) is 10.7. The summed E-state index contributed by atoms with van der Waals surface area (Å²) in [5.74, 6) is 0. The first-order chi connectivity index (χ1) is 8.40. The fourth-order valence-electron chi connectivity index (χ4n) is 2.42. The minimum Gasteiger partial charge on any atom is -0.317 e. The van der Waals surface area contributed by atoms with Crippen LogP contribution in [0.1, 0.15) is 37.4 Å². The fraction of sp³-hybridized carbons (Fsp3) is 0.643. The van der Waals surface area contributed by atoms with Gasteiger partial charge in [0.2, 0.25) is 0 Å². The Bertz CT molecular complexity index is 330. The average molecular weight is 233 g/mol. The van der Waals surface area contributed by atoms with E-state index in [1.807, 2.05) is 12.3 Å². The molecule has 0 spiro atoms. The average Bonchev–Trinajstić information content (AvgIpc) is 2.65. The Labute approximate surface area is 104 Å².